The summed E-state index contributed by atoms with van der Waals surface area (Å²) >= 11 is 1.45. The quantitative estimate of drug-likeness (QED) is 0.482. The highest BCUT2D eigenvalue weighted by Gasteiger charge is 2.26. The Kier molecular flexibility index (Phi) is 5.07. The summed E-state index contributed by atoms with van der Waals surface area (Å²) < 4.78 is 21.1. The summed E-state index contributed by atoms with van der Waals surface area (Å²) in [6.07, 6.45) is 1.90. The molecular formula is C23H21FN4O2S. The van der Waals surface area contributed by atoms with E-state index in [1.807, 2.05) is 56.1 Å². The number of aromatic nitrogens is 2. The first-order valence-corrected chi connectivity index (χ1v) is 10.9. The molecule has 5 rings (SSSR count). The van der Waals surface area contributed by atoms with E-state index in [0.717, 1.165) is 22.0 Å². The Morgan fingerprint density at radius 1 is 1.06 bits per heavy atom. The highest BCUT2D eigenvalue weighted by molar-refractivity contribution is 7.15. The summed E-state index contributed by atoms with van der Waals surface area (Å²) in [6.45, 7) is 2.29. The highest BCUT2D eigenvalue weighted by atomic mass is 32.1. The predicted molar refractivity (Wildman–Crippen MR) is 120 cm³/mol. The van der Waals surface area contributed by atoms with Gasteiger partial charge in [0.05, 0.1) is 18.5 Å². The molecule has 0 radical (unpaired) electrons. The van der Waals surface area contributed by atoms with Gasteiger partial charge in [0.15, 0.2) is 4.96 Å². The minimum atomic E-state index is -0.230. The molecular weight excluding hydrogens is 415 g/mol. The van der Waals surface area contributed by atoms with Crippen molar-refractivity contribution in [2.45, 2.75) is 0 Å². The van der Waals surface area contributed by atoms with Crippen LogP contribution in [-0.4, -0.2) is 53.5 Å². The van der Waals surface area contributed by atoms with Gasteiger partial charge in [-0.1, -0.05) is 12.1 Å². The number of thiazole rings is 1. The van der Waals surface area contributed by atoms with E-state index in [2.05, 4.69) is 4.98 Å². The van der Waals surface area contributed by atoms with E-state index < -0.39 is 0 Å². The monoisotopic (exact) mass is 436 g/mol. The first-order valence-electron chi connectivity index (χ1n) is 10.0. The van der Waals surface area contributed by atoms with Crippen molar-refractivity contribution in [3.63, 3.8) is 0 Å². The number of nitrogens with zero attached hydrogens (tertiary/aromatic N) is 4. The van der Waals surface area contributed by atoms with Crippen LogP contribution in [0.5, 0.6) is 5.75 Å². The van der Waals surface area contributed by atoms with Crippen molar-refractivity contribution in [3.05, 3.63) is 71.6 Å². The average Bonchev–Trinajstić information content (AvgIpc) is 3.40. The van der Waals surface area contributed by atoms with Crippen LogP contribution in [0, 0.1) is 5.82 Å². The lowest BCUT2D eigenvalue weighted by Crippen LogP contribution is -2.49. The van der Waals surface area contributed by atoms with Crippen molar-refractivity contribution < 1.29 is 13.9 Å². The van der Waals surface area contributed by atoms with Crippen LogP contribution in [0.25, 0.3) is 16.2 Å². The molecule has 2 aromatic heterocycles. The van der Waals surface area contributed by atoms with Crippen LogP contribution in [0.15, 0.2) is 60.1 Å². The molecule has 0 spiro atoms. The molecule has 1 amide bonds. The van der Waals surface area contributed by atoms with Crippen molar-refractivity contribution in [2.24, 2.45) is 0 Å². The maximum Gasteiger partial charge on any atom is 0.271 e. The number of rotatable bonds is 4. The lowest BCUT2D eigenvalue weighted by atomic mass is 10.2. The average molecular weight is 437 g/mol. The number of ether oxygens (including phenoxy) is 1. The molecule has 0 aliphatic carbocycles. The normalized spacial score (nSPS) is 14.3. The Labute approximate surface area is 183 Å². The number of carbonyl (C=O) groups excluding carboxylic acids is 1. The Morgan fingerprint density at radius 3 is 2.52 bits per heavy atom. The molecule has 4 aromatic rings. The molecule has 158 valence electrons. The number of fused-ring (bicyclic) bond motifs is 1. The van der Waals surface area contributed by atoms with E-state index in [-0.39, 0.29) is 11.7 Å². The molecule has 6 nitrogen and oxygen atoms in total. The second-order valence-electron chi connectivity index (χ2n) is 7.36. The van der Waals surface area contributed by atoms with Gasteiger partial charge in [0, 0.05) is 43.3 Å². The van der Waals surface area contributed by atoms with Gasteiger partial charge in [-0.05, 0) is 36.4 Å². The van der Waals surface area contributed by atoms with Gasteiger partial charge < -0.3 is 14.5 Å². The first-order chi connectivity index (χ1) is 15.1. The molecule has 1 saturated heterocycles. The van der Waals surface area contributed by atoms with Crippen LogP contribution in [0.4, 0.5) is 10.1 Å². The van der Waals surface area contributed by atoms with E-state index in [0.29, 0.717) is 37.6 Å². The number of imidazole rings is 1. The topological polar surface area (TPSA) is 50.1 Å². The number of methoxy groups -OCH3 is 1. The molecule has 31 heavy (non-hydrogen) atoms. The Morgan fingerprint density at radius 2 is 1.81 bits per heavy atom. The second-order valence-corrected chi connectivity index (χ2v) is 8.20. The Bertz CT molecular complexity index is 1230. The number of hydrogen-bond acceptors (Lipinski definition) is 5. The lowest BCUT2D eigenvalue weighted by molar-refractivity contribution is 0.0740. The fourth-order valence-corrected chi connectivity index (χ4v) is 4.71. The Balaban J connectivity index is 1.33. The van der Waals surface area contributed by atoms with E-state index in [4.69, 9.17) is 4.74 Å². The zero-order chi connectivity index (χ0) is 21.4. The SMILES string of the molecule is COc1ccc(-c2cn3c(C(=O)N4CCN(c5ccccc5F)CC4)csc3n2)cc1. The van der Waals surface area contributed by atoms with Crippen molar-refractivity contribution in [3.8, 4) is 17.0 Å². The fourth-order valence-electron chi connectivity index (χ4n) is 3.86. The highest BCUT2D eigenvalue weighted by Crippen LogP contribution is 2.26. The fraction of sp³-hybridized carbons (Fsp3) is 0.217. The van der Waals surface area contributed by atoms with Gasteiger partial charge in [0.1, 0.15) is 17.3 Å². The third-order valence-electron chi connectivity index (χ3n) is 5.57. The van der Waals surface area contributed by atoms with Crippen LogP contribution in [0.1, 0.15) is 10.5 Å². The molecule has 3 heterocycles. The van der Waals surface area contributed by atoms with Gasteiger partial charge >= 0.3 is 0 Å². The third-order valence-corrected chi connectivity index (χ3v) is 6.41. The zero-order valence-corrected chi connectivity index (χ0v) is 17.8. The van der Waals surface area contributed by atoms with Gasteiger partial charge in [-0.15, -0.1) is 11.3 Å². The van der Waals surface area contributed by atoms with Gasteiger partial charge in [0.2, 0.25) is 0 Å². The van der Waals surface area contributed by atoms with Crippen LogP contribution >= 0.6 is 11.3 Å². The Hall–Kier alpha value is -3.39. The summed E-state index contributed by atoms with van der Waals surface area (Å²) in [5, 5.41) is 1.85. The number of halogens is 1. The molecule has 1 aliphatic rings. The first kappa shape index (κ1) is 19.6. The molecule has 8 heteroatoms. The maximum atomic E-state index is 14.1. The van der Waals surface area contributed by atoms with Crippen LogP contribution in [0.2, 0.25) is 0 Å². The number of benzene rings is 2. The standard InChI is InChI=1S/C23H21FN4O2S/c1-30-17-8-6-16(7-9-17)19-14-28-21(15-31-23(28)25-19)22(29)27-12-10-26(11-13-27)20-5-3-2-4-18(20)24/h2-9,14-15H,10-13H2,1H3. The van der Waals surface area contributed by atoms with Crippen molar-refractivity contribution in [1.82, 2.24) is 14.3 Å². The van der Waals surface area contributed by atoms with Crippen LogP contribution < -0.4 is 9.64 Å². The van der Waals surface area contributed by atoms with Gasteiger partial charge in [-0.3, -0.25) is 9.20 Å². The maximum absolute atomic E-state index is 14.1. The number of anilines is 1. The van der Waals surface area contributed by atoms with Crippen LogP contribution in [0.3, 0.4) is 0 Å². The number of piperazine rings is 1. The summed E-state index contributed by atoms with van der Waals surface area (Å²) in [4.78, 5) is 22.4. The third kappa shape index (κ3) is 3.63. The van der Waals surface area contributed by atoms with Crippen molar-refractivity contribution in [2.75, 3.05) is 38.2 Å². The van der Waals surface area contributed by atoms with E-state index >= 15 is 0 Å². The molecule has 0 unspecified atom stereocenters. The van der Waals surface area contributed by atoms with E-state index in [9.17, 15) is 9.18 Å². The van der Waals surface area contributed by atoms with Gasteiger partial charge in [-0.25, -0.2) is 9.37 Å². The largest absolute Gasteiger partial charge is 0.497 e. The molecule has 1 aliphatic heterocycles. The minimum Gasteiger partial charge on any atom is -0.497 e. The van der Waals surface area contributed by atoms with Crippen LogP contribution in [-0.2, 0) is 0 Å². The number of amides is 1. The van der Waals surface area contributed by atoms with Crippen molar-refractivity contribution in [1.29, 1.82) is 0 Å². The van der Waals surface area contributed by atoms with E-state index in [1.54, 1.807) is 19.2 Å². The predicted octanol–water partition coefficient (Wildman–Crippen LogP) is 4.17. The molecule has 2 aromatic carbocycles. The van der Waals surface area contributed by atoms with Gasteiger partial charge in [0.25, 0.3) is 5.91 Å². The number of carbonyl (C=O) groups is 1. The summed E-state index contributed by atoms with van der Waals surface area (Å²) in [5.74, 6) is 0.527. The number of hydrogen-bond donors (Lipinski definition) is 0. The molecule has 0 bridgehead atoms. The van der Waals surface area contributed by atoms with Crippen molar-refractivity contribution >= 4 is 27.9 Å². The molecule has 0 atom stereocenters. The molecule has 0 saturated carbocycles. The summed E-state index contributed by atoms with van der Waals surface area (Å²) in [7, 11) is 1.63. The molecule has 0 N–H and O–H groups in total. The second kappa shape index (κ2) is 8.03. The zero-order valence-electron chi connectivity index (χ0n) is 17.0. The van der Waals surface area contributed by atoms with Gasteiger partial charge in [-0.2, -0.15) is 0 Å². The number of para-hydroxylation sites is 1. The minimum absolute atomic E-state index is 0.0295. The van der Waals surface area contributed by atoms with E-state index in [1.165, 1.54) is 17.4 Å². The summed E-state index contributed by atoms with van der Waals surface area (Å²) in [5.41, 5.74) is 2.97. The lowest BCUT2D eigenvalue weighted by Gasteiger charge is -2.36. The summed E-state index contributed by atoms with van der Waals surface area (Å²) in [6, 6.07) is 14.5. The smallest absolute Gasteiger partial charge is 0.271 e. The molecule has 1 fully saturated rings.